The van der Waals surface area contributed by atoms with Gasteiger partial charge in [0.2, 0.25) is 0 Å². The van der Waals surface area contributed by atoms with Crippen LogP contribution in [0, 0.1) is 13.8 Å². The SMILES string of the molecule is COC(=O)[C@H](Cc1ccc(N)cc1)NCC(=O)c1cc(C)cc(C)c1. The van der Waals surface area contributed by atoms with E-state index in [9.17, 15) is 9.59 Å². The second kappa shape index (κ2) is 8.44. The minimum atomic E-state index is -0.594. The van der Waals surface area contributed by atoms with Crippen molar-refractivity contribution in [3.63, 3.8) is 0 Å². The number of ketones is 1. The molecule has 0 aromatic heterocycles. The summed E-state index contributed by atoms with van der Waals surface area (Å²) in [5, 5.41) is 3.02. The number of ether oxygens (including phenoxy) is 1. The fourth-order valence-corrected chi connectivity index (χ4v) is 2.72. The Labute approximate surface area is 148 Å². The standard InChI is InChI=1S/C20H24N2O3/c1-13-8-14(2)10-16(9-13)19(23)12-22-18(20(24)25-3)11-15-4-6-17(21)7-5-15/h4-10,18,22H,11-12,21H2,1-3H3/t18-/m0/s1. The van der Waals surface area contributed by atoms with E-state index >= 15 is 0 Å². The second-order valence-electron chi connectivity index (χ2n) is 6.20. The first-order valence-corrected chi connectivity index (χ1v) is 8.16. The molecule has 0 radical (unpaired) electrons. The van der Waals surface area contributed by atoms with Crippen molar-refractivity contribution in [3.05, 3.63) is 64.7 Å². The lowest BCUT2D eigenvalue weighted by molar-refractivity contribution is -0.143. The van der Waals surface area contributed by atoms with Crippen molar-refractivity contribution in [3.8, 4) is 0 Å². The van der Waals surface area contributed by atoms with Gasteiger partial charge in [0.25, 0.3) is 0 Å². The highest BCUT2D eigenvalue weighted by Crippen LogP contribution is 2.11. The van der Waals surface area contributed by atoms with Gasteiger partial charge in [0.1, 0.15) is 6.04 Å². The van der Waals surface area contributed by atoms with E-state index in [0.29, 0.717) is 17.7 Å². The summed E-state index contributed by atoms with van der Waals surface area (Å²) in [5.74, 6) is -0.456. The van der Waals surface area contributed by atoms with Gasteiger partial charge in [-0.1, -0.05) is 29.3 Å². The maximum atomic E-state index is 12.4. The Balaban J connectivity index is 2.05. The summed E-state index contributed by atoms with van der Waals surface area (Å²) >= 11 is 0. The Bertz CT molecular complexity index is 734. The van der Waals surface area contributed by atoms with Gasteiger partial charge in [-0.3, -0.25) is 14.9 Å². The quantitative estimate of drug-likeness (QED) is 0.460. The molecule has 132 valence electrons. The Hall–Kier alpha value is -2.66. The van der Waals surface area contributed by atoms with Gasteiger partial charge in [-0.15, -0.1) is 0 Å². The lowest BCUT2D eigenvalue weighted by Crippen LogP contribution is -2.42. The molecule has 3 N–H and O–H groups in total. The van der Waals surface area contributed by atoms with Crippen molar-refractivity contribution >= 4 is 17.4 Å². The number of nitrogens with one attached hydrogen (secondary N) is 1. The average molecular weight is 340 g/mol. The van der Waals surface area contributed by atoms with Crippen LogP contribution in [0.2, 0.25) is 0 Å². The van der Waals surface area contributed by atoms with E-state index in [1.165, 1.54) is 7.11 Å². The summed E-state index contributed by atoms with van der Waals surface area (Å²) in [5.41, 5.74) is 10.00. The Kier molecular flexibility index (Phi) is 6.31. The van der Waals surface area contributed by atoms with E-state index in [2.05, 4.69) is 5.32 Å². The minimum absolute atomic E-state index is 0.0574. The van der Waals surface area contributed by atoms with Crippen LogP contribution < -0.4 is 11.1 Å². The van der Waals surface area contributed by atoms with Gasteiger partial charge in [0, 0.05) is 11.3 Å². The highest BCUT2D eigenvalue weighted by atomic mass is 16.5. The maximum absolute atomic E-state index is 12.4. The van der Waals surface area contributed by atoms with Gasteiger partial charge in [-0.25, -0.2) is 0 Å². The topological polar surface area (TPSA) is 81.4 Å². The molecule has 0 aliphatic carbocycles. The Morgan fingerprint density at radius 3 is 2.24 bits per heavy atom. The van der Waals surface area contributed by atoms with Gasteiger partial charge in [-0.05, 0) is 50.1 Å². The number of methoxy groups -OCH3 is 1. The first-order chi connectivity index (χ1) is 11.9. The van der Waals surface area contributed by atoms with Crippen LogP contribution in [0.4, 0.5) is 5.69 Å². The maximum Gasteiger partial charge on any atom is 0.323 e. The molecular weight excluding hydrogens is 316 g/mol. The molecular formula is C20H24N2O3. The number of nitrogens with two attached hydrogens (primary N) is 1. The molecule has 1 atom stereocenters. The lowest BCUT2D eigenvalue weighted by atomic mass is 10.0. The first kappa shape index (κ1) is 18.7. The van der Waals surface area contributed by atoms with E-state index in [-0.39, 0.29) is 12.3 Å². The Morgan fingerprint density at radius 2 is 1.68 bits per heavy atom. The zero-order valence-electron chi connectivity index (χ0n) is 14.8. The number of Topliss-reactive ketones (excluding diaryl/α,β-unsaturated/α-hetero) is 1. The van der Waals surface area contributed by atoms with Crippen LogP contribution in [0.3, 0.4) is 0 Å². The fourth-order valence-electron chi connectivity index (χ4n) is 2.72. The van der Waals surface area contributed by atoms with Crippen LogP contribution >= 0.6 is 0 Å². The highest BCUT2D eigenvalue weighted by molar-refractivity contribution is 5.98. The number of esters is 1. The minimum Gasteiger partial charge on any atom is -0.468 e. The smallest absolute Gasteiger partial charge is 0.323 e. The molecule has 0 spiro atoms. The van der Waals surface area contributed by atoms with Crippen LogP contribution in [0.25, 0.3) is 0 Å². The summed E-state index contributed by atoms with van der Waals surface area (Å²) in [6.45, 7) is 3.97. The van der Waals surface area contributed by atoms with Crippen LogP contribution in [-0.2, 0) is 16.0 Å². The third kappa shape index (κ3) is 5.43. The number of anilines is 1. The molecule has 0 fully saturated rings. The number of hydrogen-bond acceptors (Lipinski definition) is 5. The van der Waals surface area contributed by atoms with E-state index in [1.807, 2.05) is 44.2 Å². The number of nitrogen functional groups attached to an aromatic ring is 1. The van der Waals surface area contributed by atoms with Crippen molar-refractivity contribution in [1.82, 2.24) is 5.32 Å². The van der Waals surface area contributed by atoms with E-state index in [4.69, 9.17) is 10.5 Å². The summed E-state index contributed by atoms with van der Waals surface area (Å²) < 4.78 is 4.85. The fraction of sp³-hybridized carbons (Fsp3) is 0.300. The van der Waals surface area contributed by atoms with Gasteiger partial charge < -0.3 is 10.5 Å². The molecule has 0 saturated heterocycles. The molecule has 25 heavy (non-hydrogen) atoms. The second-order valence-corrected chi connectivity index (χ2v) is 6.20. The Morgan fingerprint density at radius 1 is 1.08 bits per heavy atom. The van der Waals surface area contributed by atoms with Crippen molar-refractivity contribution in [2.75, 3.05) is 19.4 Å². The van der Waals surface area contributed by atoms with E-state index in [1.54, 1.807) is 12.1 Å². The predicted octanol–water partition coefficient (Wildman–Crippen LogP) is 2.44. The van der Waals surface area contributed by atoms with Crippen LogP contribution in [0.15, 0.2) is 42.5 Å². The number of carbonyl (C=O) groups excluding carboxylic acids is 2. The molecule has 0 aliphatic heterocycles. The normalized spacial score (nSPS) is 11.8. The number of hydrogen-bond donors (Lipinski definition) is 2. The van der Waals surface area contributed by atoms with E-state index in [0.717, 1.165) is 16.7 Å². The van der Waals surface area contributed by atoms with Crippen LogP contribution in [-0.4, -0.2) is 31.4 Å². The van der Waals surface area contributed by atoms with Gasteiger partial charge in [0.05, 0.1) is 13.7 Å². The summed E-state index contributed by atoms with van der Waals surface area (Å²) in [6, 6.07) is 12.4. The average Bonchev–Trinajstić information content (AvgIpc) is 2.58. The molecule has 2 aromatic rings. The van der Waals surface area contributed by atoms with Gasteiger partial charge in [-0.2, -0.15) is 0 Å². The summed E-state index contributed by atoms with van der Waals surface area (Å²) in [6.07, 6.45) is 0.424. The lowest BCUT2D eigenvalue weighted by Gasteiger charge is -2.16. The molecule has 5 heteroatoms. The van der Waals surface area contributed by atoms with E-state index < -0.39 is 12.0 Å². The number of benzene rings is 2. The summed E-state index contributed by atoms with van der Waals surface area (Å²) in [4.78, 5) is 24.5. The van der Waals surface area contributed by atoms with Crippen LogP contribution in [0.5, 0.6) is 0 Å². The third-order valence-corrected chi connectivity index (χ3v) is 3.96. The molecule has 0 amide bonds. The monoisotopic (exact) mass is 340 g/mol. The third-order valence-electron chi connectivity index (χ3n) is 3.96. The molecule has 0 aliphatic rings. The largest absolute Gasteiger partial charge is 0.468 e. The number of rotatable bonds is 7. The molecule has 2 rings (SSSR count). The van der Waals surface area contributed by atoms with Crippen molar-refractivity contribution in [2.24, 2.45) is 0 Å². The molecule has 5 nitrogen and oxygen atoms in total. The van der Waals surface area contributed by atoms with Crippen molar-refractivity contribution in [2.45, 2.75) is 26.3 Å². The number of aryl methyl sites for hydroxylation is 2. The summed E-state index contributed by atoms with van der Waals surface area (Å²) in [7, 11) is 1.34. The molecule has 0 saturated carbocycles. The molecule has 0 bridgehead atoms. The first-order valence-electron chi connectivity index (χ1n) is 8.16. The van der Waals surface area contributed by atoms with Gasteiger partial charge in [0.15, 0.2) is 5.78 Å². The van der Waals surface area contributed by atoms with Gasteiger partial charge >= 0.3 is 5.97 Å². The van der Waals surface area contributed by atoms with Crippen molar-refractivity contribution < 1.29 is 14.3 Å². The zero-order chi connectivity index (χ0) is 18.4. The molecule has 0 unspecified atom stereocenters. The zero-order valence-corrected chi connectivity index (χ0v) is 14.8. The molecule has 2 aromatic carbocycles. The highest BCUT2D eigenvalue weighted by Gasteiger charge is 2.20. The van der Waals surface area contributed by atoms with Crippen molar-refractivity contribution in [1.29, 1.82) is 0 Å². The predicted molar refractivity (Wildman–Crippen MR) is 98.6 cm³/mol. The van der Waals surface area contributed by atoms with Crippen LogP contribution in [0.1, 0.15) is 27.0 Å². The molecule has 0 heterocycles. The number of carbonyl (C=O) groups is 2.